The van der Waals surface area contributed by atoms with E-state index in [-0.39, 0.29) is 12.8 Å². The van der Waals surface area contributed by atoms with Gasteiger partial charge in [0.25, 0.3) is 0 Å². The van der Waals surface area contributed by atoms with Gasteiger partial charge in [0.1, 0.15) is 0 Å². The Morgan fingerprint density at radius 2 is 1.64 bits per heavy atom. The van der Waals surface area contributed by atoms with E-state index in [0.717, 1.165) is 11.1 Å². The summed E-state index contributed by atoms with van der Waals surface area (Å²) >= 11 is 12.2. The predicted molar refractivity (Wildman–Crippen MR) is 103 cm³/mol. The minimum Gasteiger partial charge on any atom is -0.479 e. The van der Waals surface area contributed by atoms with Crippen LogP contribution >= 0.6 is 23.2 Å². The number of carboxylic acids is 2. The predicted octanol–water partition coefficient (Wildman–Crippen LogP) is 2.61. The molecule has 0 aliphatic heterocycles. The fourth-order valence-electron chi connectivity index (χ4n) is 2.63. The van der Waals surface area contributed by atoms with E-state index in [1.54, 1.807) is 42.5 Å². The Morgan fingerprint density at radius 3 is 2.21 bits per heavy atom. The maximum absolute atomic E-state index is 11.4. The number of rotatable bonds is 7. The molecule has 4 N–H and O–H groups in total. The van der Waals surface area contributed by atoms with Crippen LogP contribution in [0.4, 0.5) is 0 Å². The molecule has 0 spiro atoms. The number of carboxylic acid groups (broad SMARTS) is 2. The van der Waals surface area contributed by atoms with Crippen LogP contribution in [0.3, 0.4) is 0 Å². The maximum atomic E-state index is 11.4. The second-order valence-electron chi connectivity index (χ2n) is 6.09. The lowest BCUT2D eigenvalue weighted by molar-refractivity contribution is -0.151. The summed E-state index contributed by atoms with van der Waals surface area (Å²) in [6, 6.07) is 11.2. The van der Waals surface area contributed by atoms with Crippen LogP contribution in [-0.2, 0) is 20.8 Å². The van der Waals surface area contributed by atoms with Crippen molar-refractivity contribution >= 4 is 41.0 Å². The average Bonchev–Trinajstić information content (AvgIpc) is 2.64. The molecule has 0 aliphatic rings. The summed E-state index contributed by atoms with van der Waals surface area (Å²) in [5.74, 6) is -4.42. The molecule has 148 valence electrons. The number of hydrogen-bond acceptors (Lipinski definition) is 4. The van der Waals surface area contributed by atoms with Gasteiger partial charge in [-0.05, 0) is 35.7 Å². The number of nitrogens with one attached hydrogen (secondary N) is 1. The minimum atomic E-state index is -1.73. The van der Waals surface area contributed by atoms with Gasteiger partial charge in [-0.25, -0.2) is 9.59 Å². The Morgan fingerprint density at radius 1 is 1.00 bits per heavy atom. The van der Waals surface area contributed by atoms with Crippen molar-refractivity contribution in [2.75, 3.05) is 0 Å². The maximum Gasteiger partial charge on any atom is 0.394 e. The number of benzene rings is 2. The third-order valence-electron chi connectivity index (χ3n) is 4.00. The van der Waals surface area contributed by atoms with Crippen LogP contribution in [0, 0.1) is 0 Å². The van der Waals surface area contributed by atoms with E-state index < -0.39 is 30.0 Å². The van der Waals surface area contributed by atoms with Gasteiger partial charge in [0, 0.05) is 28.1 Å². The summed E-state index contributed by atoms with van der Waals surface area (Å²) in [4.78, 5) is 33.1. The number of hydrogen-bond donors (Lipinski definition) is 4. The van der Waals surface area contributed by atoms with Crippen molar-refractivity contribution in [1.29, 1.82) is 0 Å². The zero-order chi connectivity index (χ0) is 20.8. The van der Waals surface area contributed by atoms with Crippen LogP contribution in [0.15, 0.2) is 42.5 Å². The van der Waals surface area contributed by atoms with Crippen molar-refractivity contribution in [1.82, 2.24) is 5.32 Å². The highest BCUT2D eigenvalue weighted by Crippen LogP contribution is 2.30. The number of carbonyl (C=O) groups is 3. The fraction of sp³-hybridized carbons (Fsp3) is 0.211. The van der Waals surface area contributed by atoms with Gasteiger partial charge >= 0.3 is 17.8 Å². The molecular weight excluding hydrogens is 409 g/mol. The first-order valence-electron chi connectivity index (χ1n) is 8.16. The number of halogens is 2. The van der Waals surface area contributed by atoms with E-state index in [2.05, 4.69) is 5.32 Å². The number of carbonyl (C=O) groups excluding carboxylic acids is 1. The second-order valence-corrected chi connectivity index (χ2v) is 6.93. The topological polar surface area (TPSA) is 124 Å². The van der Waals surface area contributed by atoms with E-state index in [1.165, 1.54) is 0 Å². The molecule has 0 heterocycles. The van der Waals surface area contributed by atoms with Gasteiger partial charge in [-0.3, -0.25) is 4.79 Å². The third kappa shape index (κ3) is 5.95. The summed E-state index contributed by atoms with van der Waals surface area (Å²) in [6.45, 7) is 0. The molecule has 9 heteroatoms. The molecule has 0 bridgehead atoms. The molecule has 0 saturated heterocycles. The highest BCUT2D eigenvalue weighted by atomic mass is 35.5. The lowest BCUT2D eigenvalue weighted by atomic mass is 9.97. The number of aliphatic hydroxyl groups is 1. The quantitative estimate of drug-likeness (QED) is 0.505. The standard InChI is InChI=1S/C19H17Cl2NO6/c20-12-5-6-15(21)14(8-12)11-3-1-10(2-4-11)7-13(9-16(23)18(25)26)22-17(24)19(27)28/h1-6,8,13,16,23H,7,9H2,(H,22,24)(H,25,26)(H,27,28)/t13-,16-/m1/s1. The van der Waals surface area contributed by atoms with Gasteiger partial charge in [-0.2, -0.15) is 0 Å². The van der Waals surface area contributed by atoms with Crippen molar-refractivity contribution in [2.24, 2.45) is 0 Å². The molecule has 2 atom stereocenters. The first-order chi connectivity index (χ1) is 13.2. The lowest BCUT2D eigenvalue weighted by Gasteiger charge is -2.19. The van der Waals surface area contributed by atoms with Crippen LogP contribution in [0.5, 0.6) is 0 Å². The minimum absolute atomic E-state index is 0.132. The number of aliphatic hydroxyl groups excluding tert-OH is 1. The summed E-state index contributed by atoms with van der Waals surface area (Å²) in [6.07, 6.45) is -1.94. The van der Waals surface area contributed by atoms with Gasteiger partial charge in [-0.15, -0.1) is 0 Å². The molecular formula is C19H17Cl2NO6. The van der Waals surface area contributed by atoms with Gasteiger partial charge in [-0.1, -0.05) is 47.5 Å². The van der Waals surface area contributed by atoms with Crippen LogP contribution in [0.25, 0.3) is 11.1 Å². The zero-order valence-corrected chi connectivity index (χ0v) is 15.9. The molecule has 28 heavy (non-hydrogen) atoms. The van der Waals surface area contributed by atoms with E-state index in [9.17, 15) is 19.5 Å². The first-order valence-corrected chi connectivity index (χ1v) is 8.92. The molecule has 2 aromatic carbocycles. The van der Waals surface area contributed by atoms with E-state index >= 15 is 0 Å². The summed E-state index contributed by atoms with van der Waals surface area (Å²) in [7, 11) is 0. The monoisotopic (exact) mass is 425 g/mol. The zero-order valence-electron chi connectivity index (χ0n) is 14.4. The molecule has 0 aromatic heterocycles. The Kier molecular flexibility index (Phi) is 7.39. The van der Waals surface area contributed by atoms with Crippen LogP contribution < -0.4 is 5.32 Å². The first kappa shape index (κ1) is 21.7. The summed E-state index contributed by atoms with van der Waals surface area (Å²) < 4.78 is 0. The van der Waals surface area contributed by atoms with Crippen molar-refractivity contribution in [3.63, 3.8) is 0 Å². The largest absolute Gasteiger partial charge is 0.479 e. The van der Waals surface area contributed by atoms with Gasteiger partial charge < -0.3 is 20.6 Å². The lowest BCUT2D eigenvalue weighted by Crippen LogP contribution is -2.43. The van der Waals surface area contributed by atoms with Crippen molar-refractivity contribution < 1.29 is 29.7 Å². The molecule has 1 amide bonds. The van der Waals surface area contributed by atoms with E-state index in [4.69, 9.17) is 33.4 Å². The highest BCUT2D eigenvalue weighted by Gasteiger charge is 2.24. The SMILES string of the molecule is O=C(O)C(=O)N[C@H](Cc1ccc(-c2cc(Cl)ccc2Cl)cc1)C[C@@H](O)C(=O)O. The van der Waals surface area contributed by atoms with Gasteiger partial charge in [0.2, 0.25) is 0 Å². The van der Waals surface area contributed by atoms with Crippen molar-refractivity contribution in [2.45, 2.75) is 25.0 Å². The molecule has 2 rings (SSSR count). The fourth-order valence-corrected chi connectivity index (χ4v) is 3.03. The van der Waals surface area contributed by atoms with Gasteiger partial charge in [0.05, 0.1) is 0 Å². The molecule has 0 aliphatic carbocycles. The van der Waals surface area contributed by atoms with Gasteiger partial charge in [0.15, 0.2) is 6.10 Å². The highest BCUT2D eigenvalue weighted by molar-refractivity contribution is 6.35. The summed E-state index contributed by atoms with van der Waals surface area (Å²) in [5, 5.41) is 30.4. The van der Waals surface area contributed by atoms with E-state index in [1.807, 2.05) is 0 Å². The Bertz CT molecular complexity index is 884. The van der Waals surface area contributed by atoms with Crippen LogP contribution in [0.2, 0.25) is 10.0 Å². The molecule has 0 unspecified atom stereocenters. The van der Waals surface area contributed by atoms with E-state index in [0.29, 0.717) is 15.6 Å². The molecule has 7 nitrogen and oxygen atoms in total. The molecule has 0 radical (unpaired) electrons. The Labute approximate surface area is 170 Å². The number of aliphatic carboxylic acids is 2. The Balaban J connectivity index is 2.19. The number of amides is 1. The van der Waals surface area contributed by atoms with Crippen molar-refractivity contribution in [3.05, 3.63) is 58.1 Å². The average molecular weight is 426 g/mol. The normalized spacial score (nSPS) is 12.8. The molecule has 2 aromatic rings. The molecule has 0 saturated carbocycles. The third-order valence-corrected chi connectivity index (χ3v) is 4.56. The van der Waals surface area contributed by atoms with Crippen LogP contribution in [0.1, 0.15) is 12.0 Å². The molecule has 0 fully saturated rings. The van der Waals surface area contributed by atoms with Crippen molar-refractivity contribution in [3.8, 4) is 11.1 Å². The summed E-state index contributed by atoms with van der Waals surface area (Å²) in [5.41, 5.74) is 2.24. The Hall–Kier alpha value is -2.61. The smallest absolute Gasteiger partial charge is 0.394 e. The van der Waals surface area contributed by atoms with Crippen LogP contribution in [-0.4, -0.2) is 45.3 Å². The second kappa shape index (κ2) is 9.54.